The molecule has 0 aromatic heterocycles. The largest absolute Gasteiger partial charge is 0.466 e. The number of hydrogen-bond acceptors (Lipinski definition) is 5. The lowest BCUT2D eigenvalue weighted by molar-refractivity contribution is -0.135. The molecular weight excluding hydrogens is 318 g/mol. The van der Waals surface area contributed by atoms with Crippen molar-refractivity contribution < 1.29 is 14.3 Å². The van der Waals surface area contributed by atoms with Gasteiger partial charge in [0.1, 0.15) is 4.32 Å². The topological polar surface area (TPSA) is 46.6 Å². The normalized spacial score (nSPS) is 16.9. The Balaban J connectivity index is 2.20. The maximum absolute atomic E-state index is 12.2. The summed E-state index contributed by atoms with van der Waals surface area (Å²) in [6.07, 6.45) is 1.14. The number of hydrogen-bond donors (Lipinski definition) is 0. The number of carbonyl (C=O) groups excluding carboxylic acids is 2. The van der Waals surface area contributed by atoms with Crippen LogP contribution in [0.5, 0.6) is 0 Å². The highest BCUT2D eigenvalue weighted by Gasteiger charge is 2.33. The number of rotatable bonds is 3. The highest BCUT2D eigenvalue weighted by atomic mass is 35.5. The molecule has 1 aromatic carbocycles. The second-order valence-corrected chi connectivity index (χ2v) is 5.97. The maximum atomic E-state index is 12.2. The Bertz CT molecular complexity index is 615. The third-order valence-corrected chi connectivity index (χ3v) is 4.36. The van der Waals surface area contributed by atoms with Crippen molar-refractivity contribution >= 4 is 51.8 Å². The summed E-state index contributed by atoms with van der Waals surface area (Å²) >= 11 is 12.3. The van der Waals surface area contributed by atoms with Gasteiger partial charge in [-0.05, 0) is 11.6 Å². The Labute approximate surface area is 130 Å². The first-order valence-corrected chi connectivity index (χ1v) is 7.20. The number of amides is 1. The summed E-state index contributed by atoms with van der Waals surface area (Å²) in [5.74, 6) is -0.895. The van der Waals surface area contributed by atoms with E-state index in [0.717, 1.165) is 23.4 Å². The minimum atomic E-state index is -0.580. The summed E-state index contributed by atoms with van der Waals surface area (Å²) in [6.45, 7) is 0.281. The van der Waals surface area contributed by atoms with Crippen molar-refractivity contribution in [1.82, 2.24) is 4.90 Å². The summed E-state index contributed by atoms with van der Waals surface area (Å²) < 4.78 is 4.90. The molecule has 4 nitrogen and oxygen atoms in total. The first-order valence-electron chi connectivity index (χ1n) is 5.59. The van der Waals surface area contributed by atoms with E-state index in [2.05, 4.69) is 4.74 Å². The first kappa shape index (κ1) is 15.0. The van der Waals surface area contributed by atoms with Crippen LogP contribution in [-0.4, -0.2) is 28.2 Å². The molecule has 1 fully saturated rings. The lowest BCUT2D eigenvalue weighted by Gasteiger charge is -2.15. The van der Waals surface area contributed by atoms with Crippen LogP contribution < -0.4 is 0 Å². The minimum absolute atomic E-state index is 0.258. The fourth-order valence-corrected chi connectivity index (χ4v) is 3.01. The van der Waals surface area contributed by atoms with Crippen LogP contribution in [0.3, 0.4) is 0 Å². The number of benzene rings is 1. The summed E-state index contributed by atoms with van der Waals surface area (Å²) in [7, 11) is 1.25. The minimum Gasteiger partial charge on any atom is -0.466 e. The van der Waals surface area contributed by atoms with Crippen LogP contribution in [0.25, 0.3) is 0 Å². The monoisotopic (exact) mass is 327 g/mol. The van der Waals surface area contributed by atoms with Gasteiger partial charge in [-0.15, -0.1) is 0 Å². The predicted molar refractivity (Wildman–Crippen MR) is 82.3 cm³/mol. The zero-order chi connectivity index (χ0) is 14.7. The number of carbonyl (C=O) groups is 2. The standard InChI is InChI=1S/C13H10ClNO3S2/c1-18-11(16)6-10-12(17)15(13(19)20-10)7-8-4-2-3-5-9(8)14/h2-6H,7H2,1H3/b10-6-. The SMILES string of the molecule is COC(=O)/C=C1\SC(=S)N(Cc2ccccc2Cl)C1=O. The Kier molecular flexibility index (Phi) is 4.80. The van der Waals surface area contributed by atoms with E-state index in [-0.39, 0.29) is 17.4 Å². The Morgan fingerprint density at radius 3 is 2.85 bits per heavy atom. The van der Waals surface area contributed by atoms with E-state index in [1.54, 1.807) is 6.07 Å². The fourth-order valence-electron chi connectivity index (χ4n) is 1.60. The van der Waals surface area contributed by atoms with Gasteiger partial charge >= 0.3 is 5.97 Å². The number of thiocarbonyl (C=S) groups is 1. The van der Waals surface area contributed by atoms with Crippen LogP contribution >= 0.6 is 35.6 Å². The molecule has 1 saturated heterocycles. The number of halogens is 1. The van der Waals surface area contributed by atoms with Crippen molar-refractivity contribution in [3.05, 3.63) is 45.8 Å². The summed E-state index contributed by atoms with van der Waals surface area (Å²) in [5, 5.41) is 0.568. The van der Waals surface area contributed by atoms with Crippen molar-refractivity contribution in [2.75, 3.05) is 7.11 Å². The quantitative estimate of drug-likeness (QED) is 0.485. The third kappa shape index (κ3) is 3.20. The van der Waals surface area contributed by atoms with E-state index in [0.29, 0.717) is 9.34 Å². The molecule has 0 unspecified atom stereocenters. The van der Waals surface area contributed by atoms with Crippen LogP contribution in [-0.2, 0) is 20.9 Å². The molecule has 1 aliphatic rings. The van der Waals surface area contributed by atoms with Gasteiger partial charge in [0.05, 0.1) is 18.6 Å². The summed E-state index contributed by atoms with van der Waals surface area (Å²) in [6, 6.07) is 7.22. The molecule has 0 atom stereocenters. The van der Waals surface area contributed by atoms with Crippen LogP contribution in [0.4, 0.5) is 0 Å². The molecule has 1 amide bonds. The van der Waals surface area contributed by atoms with Crippen molar-refractivity contribution in [1.29, 1.82) is 0 Å². The molecule has 0 bridgehead atoms. The molecule has 20 heavy (non-hydrogen) atoms. The van der Waals surface area contributed by atoms with Gasteiger partial charge in [-0.2, -0.15) is 0 Å². The average molecular weight is 328 g/mol. The molecule has 1 aromatic rings. The van der Waals surface area contributed by atoms with Crippen LogP contribution in [0.1, 0.15) is 5.56 Å². The van der Waals surface area contributed by atoms with E-state index in [9.17, 15) is 9.59 Å². The van der Waals surface area contributed by atoms with Crippen LogP contribution in [0.2, 0.25) is 5.02 Å². The van der Waals surface area contributed by atoms with E-state index in [4.69, 9.17) is 23.8 Å². The second-order valence-electron chi connectivity index (χ2n) is 3.88. The van der Waals surface area contributed by atoms with Gasteiger partial charge in [0.15, 0.2) is 0 Å². The van der Waals surface area contributed by atoms with Crippen molar-refractivity contribution in [3.63, 3.8) is 0 Å². The number of nitrogens with zero attached hydrogens (tertiary/aromatic N) is 1. The highest BCUT2D eigenvalue weighted by molar-refractivity contribution is 8.26. The van der Waals surface area contributed by atoms with Crippen molar-refractivity contribution in [2.45, 2.75) is 6.54 Å². The van der Waals surface area contributed by atoms with E-state index < -0.39 is 5.97 Å². The van der Waals surface area contributed by atoms with Crippen molar-refractivity contribution in [2.24, 2.45) is 0 Å². The van der Waals surface area contributed by atoms with Crippen LogP contribution in [0.15, 0.2) is 35.2 Å². The maximum Gasteiger partial charge on any atom is 0.331 e. The summed E-state index contributed by atoms with van der Waals surface area (Å²) in [4.78, 5) is 25.0. The Hall–Kier alpha value is -1.37. The third-order valence-electron chi connectivity index (χ3n) is 2.61. The molecule has 0 radical (unpaired) electrons. The van der Waals surface area contributed by atoms with E-state index >= 15 is 0 Å². The van der Waals surface area contributed by atoms with Gasteiger partial charge < -0.3 is 4.74 Å². The fraction of sp³-hybridized carbons (Fsp3) is 0.154. The Morgan fingerprint density at radius 2 is 2.20 bits per heavy atom. The second kappa shape index (κ2) is 6.39. The molecule has 104 valence electrons. The molecule has 0 aliphatic carbocycles. The predicted octanol–water partition coefficient (Wildman–Crippen LogP) is 2.76. The molecule has 1 heterocycles. The van der Waals surface area contributed by atoms with Gasteiger partial charge in [0.25, 0.3) is 5.91 Å². The van der Waals surface area contributed by atoms with Crippen LogP contribution in [0, 0.1) is 0 Å². The van der Waals surface area contributed by atoms with Gasteiger partial charge in [-0.3, -0.25) is 9.69 Å². The average Bonchev–Trinajstić information content (AvgIpc) is 2.68. The Morgan fingerprint density at radius 1 is 1.50 bits per heavy atom. The lowest BCUT2D eigenvalue weighted by atomic mass is 10.2. The number of esters is 1. The molecule has 7 heteroatoms. The molecule has 2 rings (SSSR count). The lowest BCUT2D eigenvalue weighted by Crippen LogP contribution is -2.27. The zero-order valence-corrected chi connectivity index (χ0v) is 12.8. The van der Waals surface area contributed by atoms with Gasteiger partial charge in [-0.25, -0.2) is 4.79 Å². The van der Waals surface area contributed by atoms with Crippen molar-refractivity contribution in [3.8, 4) is 0 Å². The first-order chi connectivity index (χ1) is 9.52. The molecule has 1 aliphatic heterocycles. The zero-order valence-electron chi connectivity index (χ0n) is 10.5. The number of ether oxygens (including phenoxy) is 1. The highest BCUT2D eigenvalue weighted by Crippen LogP contribution is 2.32. The van der Waals surface area contributed by atoms with Gasteiger partial charge in [-0.1, -0.05) is 53.8 Å². The number of methoxy groups -OCH3 is 1. The van der Waals surface area contributed by atoms with Gasteiger partial charge in [0.2, 0.25) is 0 Å². The number of thioether (sulfide) groups is 1. The molecule has 0 N–H and O–H groups in total. The molecule has 0 saturated carbocycles. The molecular formula is C13H10ClNO3S2. The smallest absolute Gasteiger partial charge is 0.331 e. The molecule has 0 spiro atoms. The van der Waals surface area contributed by atoms with E-state index in [1.165, 1.54) is 12.0 Å². The van der Waals surface area contributed by atoms with Gasteiger partial charge in [0, 0.05) is 11.1 Å². The van der Waals surface area contributed by atoms with E-state index in [1.807, 2.05) is 18.2 Å². The summed E-state index contributed by atoms with van der Waals surface area (Å²) in [5.41, 5.74) is 0.796.